The predicted molar refractivity (Wildman–Crippen MR) is 123 cm³/mol. The number of fused-ring (bicyclic) bond motifs is 2. The topological polar surface area (TPSA) is 70.3 Å². The van der Waals surface area contributed by atoms with Crippen molar-refractivity contribution >= 4 is 74.9 Å². The number of carbonyl (C=O) groups excluding carboxylic acids is 1. The fraction of sp³-hybridized carbons (Fsp3) is 0.0909. The summed E-state index contributed by atoms with van der Waals surface area (Å²) in [6, 6.07) is 1.80. The molecule has 0 bridgehead atoms. The van der Waals surface area contributed by atoms with Crippen molar-refractivity contribution in [3.63, 3.8) is 0 Å². The fourth-order valence-electron chi connectivity index (χ4n) is 3.69. The van der Waals surface area contributed by atoms with Crippen LogP contribution in [-0.4, -0.2) is 5.97 Å². The molecule has 2 aromatic rings. The van der Waals surface area contributed by atoms with Crippen LogP contribution in [0, 0.1) is 25.5 Å². The van der Waals surface area contributed by atoms with Gasteiger partial charge >= 0.3 is 0 Å². The highest BCUT2D eigenvalue weighted by Crippen LogP contribution is 2.51. The maximum Gasteiger partial charge on any atom is 0.220 e. The van der Waals surface area contributed by atoms with Crippen LogP contribution in [0.15, 0.2) is 21.3 Å². The summed E-state index contributed by atoms with van der Waals surface area (Å²) in [7, 11) is 0. The Balaban J connectivity index is 2.43. The molecule has 0 atom stereocenters. The highest BCUT2D eigenvalue weighted by molar-refractivity contribution is 6.54. The van der Waals surface area contributed by atoms with Gasteiger partial charge in [-0.05, 0) is 26.0 Å². The van der Waals surface area contributed by atoms with Crippen molar-refractivity contribution in [2.45, 2.75) is 13.8 Å². The third kappa shape index (κ3) is 3.47. The first-order valence-corrected chi connectivity index (χ1v) is 10.9. The van der Waals surface area contributed by atoms with Gasteiger partial charge in [0.1, 0.15) is 17.2 Å². The van der Waals surface area contributed by atoms with E-state index in [4.69, 9.17) is 62.4 Å². The average molecular weight is 552 g/mol. The summed E-state index contributed by atoms with van der Waals surface area (Å²) in [6.07, 6.45) is 0. The zero-order valence-electron chi connectivity index (χ0n) is 16.4. The molecule has 0 unspecified atom stereocenters. The Kier molecular flexibility index (Phi) is 6.04. The summed E-state index contributed by atoms with van der Waals surface area (Å²) in [5, 5.41) is 10.3. The molecule has 0 amide bonds. The lowest BCUT2D eigenvalue weighted by Gasteiger charge is -2.23. The van der Waals surface area contributed by atoms with E-state index in [1.54, 1.807) is 0 Å². The SMILES string of the molecule is Cc1c2oc3c(C)c(Cl)c(F)cc3c(-c3c(Cl)c(Cl)c(Cl)c(Cl)c3C(=O)[O-])c-2cc(F)c1=O. The molecular formula is C22H8Cl5F2O4-. The minimum Gasteiger partial charge on any atom is -0.545 e. The van der Waals surface area contributed by atoms with Crippen molar-refractivity contribution in [2.75, 3.05) is 0 Å². The molecule has 2 aromatic carbocycles. The van der Waals surface area contributed by atoms with Crippen molar-refractivity contribution in [1.82, 2.24) is 0 Å². The Morgan fingerprint density at radius 3 is 2.06 bits per heavy atom. The van der Waals surface area contributed by atoms with Crippen LogP contribution in [0.1, 0.15) is 21.5 Å². The second-order valence-corrected chi connectivity index (χ2v) is 9.02. The largest absolute Gasteiger partial charge is 0.545 e. The lowest BCUT2D eigenvalue weighted by molar-refractivity contribution is -0.254. The maximum absolute atomic E-state index is 14.7. The smallest absolute Gasteiger partial charge is 0.220 e. The molecule has 2 aliphatic rings. The van der Waals surface area contributed by atoms with Crippen molar-refractivity contribution in [3.8, 4) is 22.5 Å². The molecule has 1 aliphatic heterocycles. The monoisotopic (exact) mass is 549 g/mol. The van der Waals surface area contributed by atoms with Crippen molar-refractivity contribution < 1.29 is 23.1 Å². The molecular weight excluding hydrogens is 543 g/mol. The number of aromatic carboxylic acids is 1. The molecule has 0 saturated carbocycles. The predicted octanol–water partition coefficient (Wildman–Crippen LogP) is 7.09. The number of hydrogen-bond donors (Lipinski definition) is 0. The van der Waals surface area contributed by atoms with E-state index in [9.17, 15) is 23.5 Å². The Bertz CT molecular complexity index is 1560. The number of aryl methyl sites for hydroxylation is 1. The van der Waals surface area contributed by atoms with E-state index in [-0.39, 0.29) is 64.6 Å². The molecule has 1 aliphatic carbocycles. The summed E-state index contributed by atoms with van der Waals surface area (Å²) in [5.74, 6) is -3.90. The second-order valence-electron chi connectivity index (χ2n) is 7.13. The average Bonchev–Trinajstić information content (AvgIpc) is 2.76. The quantitative estimate of drug-likeness (QED) is 0.152. The first-order valence-electron chi connectivity index (χ1n) is 9.00. The Morgan fingerprint density at radius 2 is 1.45 bits per heavy atom. The van der Waals surface area contributed by atoms with Gasteiger partial charge in [0.2, 0.25) is 5.43 Å². The number of benzene rings is 3. The van der Waals surface area contributed by atoms with Crippen LogP contribution in [0.25, 0.3) is 33.4 Å². The minimum atomic E-state index is -1.78. The number of carboxylic acids is 1. The maximum atomic E-state index is 14.7. The number of rotatable bonds is 2. The summed E-state index contributed by atoms with van der Waals surface area (Å²) in [6.45, 7) is 2.77. The van der Waals surface area contributed by atoms with Gasteiger partial charge < -0.3 is 14.3 Å². The zero-order chi connectivity index (χ0) is 24.5. The molecule has 0 spiro atoms. The van der Waals surface area contributed by atoms with Crippen LogP contribution in [0.5, 0.6) is 0 Å². The Labute approximate surface area is 209 Å². The van der Waals surface area contributed by atoms with E-state index in [0.29, 0.717) is 0 Å². The van der Waals surface area contributed by atoms with E-state index in [2.05, 4.69) is 0 Å². The molecule has 0 aromatic heterocycles. The van der Waals surface area contributed by atoms with E-state index < -0.39 is 33.6 Å². The van der Waals surface area contributed by atoms with Crippen LogP contribution >= 0.6 is 58.0 Å². The molecule has 0 radical (unpaired) electrons. The van der Waals surface area contributed by atoms with Gasteiger partial charge in [0, 0.05) is 38.8 Å². The minimum absolute atomic E-state index is 0.000526. The highest BCUT2D eigenvalue weighted by Gasteiger charge is 2.30. The van der Waals surface area contributed by atoms with Gasteiger partial charge in [-0.25, -0.2) is 8.78 Å². The van der Waals surface area contributed by atoms with Gasteiger partial charge in [0.05, 0.1) is 31.1 Å². The summed E-state index contributed by atoms with van der Waals surface area (Å²) in [4.78, 5) is 24.3. The number of carbonyl (C=O) groups is 1. The van der Waals surface area contributed by atoms with E-state index in [1.807, 2.05) is 0 Å². The van der Waals surface area contributed by atoms with Crippen LogP contribution in [0.3, 0.4) is 0 Å². The van der Waals surface area contributed by atoms with E-state index in [1.165, 1.54) is 13.8 Å². The van der Waals surface area contributed by atoms with Crippen molar-refractivity contribution in [1.29, 1.82) is 0 Å². The fourth-order valence-corrected chi connectivity index (χ4v) is 4.85. The zero-order valence-corrected chi connectivity index (χ0v) is 20.2. The van der Waals surface area contributed by atoms with Crippen LogP contribution < -0.4 is 10.5 Å². The third-order valence-electron chi connectivity index (χ3n) is 5.27. The van der Waals surface area contributed by atoms with Gasteiger partial charge in [-0.3, -0.25) is 4.79 Å². The number of carboxylic acid groups (broad SMARTS) is 1. The highest BCUT2D eigenvalue weighted by atomic mass is 35.5. The molecule has 170 valence electrons. The molecule has 0 N–H and O–H groups in total. The van der Waals surface area contributed by atoms with E-state index >= 15 is 0 Å². The lowest BCUT2D eigenvalue weighted by atomic mass is 9.88. The van der Waals surface area contributed by atoms with Gasteiger partial charge in [0.25, 0.3) is 0 Å². The third-order valence-corrected chi connectivity index (χ3v) is 7.54. The standard InChI is InChI=1S/C22H9Cl5F2O4/c1-5-14(23)9(28)3-7-11(8-4-10(29)19(30)6(2)21(8)33-20(5)7)12-13(22(31)32)16(25)18(27)17(26)15(12)24/h3-4H,1-2H3,(H,31,32)/p-1. The molecule has 4 nitrogen and oxygen atoms in total. The number of halogens is 7. The molecule has 4 rings (SSSR count). The van der Waals surface area contributed by atoms with E-state index in [0.717, 1.165) is 12.1 Å². The Hall–Kier alpha value is -2.09. The van der Waals surface area contributed by atoms with Gasteiger partial charge in [0.15, 0.2) is 5.82 Å². The lowest BCUT2D eigenvalue weighted by Crippen LogP contribution is -2.24. The first-order chi connectivity index (χ1) is 15.4. The molecule has 11 heteroatoms. The number of hydrogen-bond acceptors (Lipinski definition) is 4. The van der Waals surface area contributed by atoms with Crippen molar-refractivity contribution in [3.05, 3.63) is 75.8 Å². The van der Waals surface area contributed by atoms with Gasteiger partial charge in [-0.1, -0.05) is 58.0 Å². The molecule has 1 heterocycles. The normalized spacial score (nSPS) is 11.5. The van der Waals surface area contributed by atoms with Gasteiger partial charge in [-0.2, -0.15) is 0 Å². The van der Waals surface area contributed by atoms with Crippen LogP contribution in [0.4, 0.5) is 8.78 Å². The summed E-state index contributed by atoms with van der Waals surface area (Å²) in [5.41, 5.74) is -2.11. The Morgan fingerprint density at radius 1 is 0.848 bits per heavy atom. The van der Waals surface area contributed by atoms with Crippen molar-refractivity contribution in [2.24, 2.45) is 0 Å². The second kappa shape index (κ2) is 8.29. The van der Waals surface area contributed by atoms with Crippen LogP contribution in [0.2, 0.25) is 25.1 Å². The molecule has 0 saturated heterocycles. The summed E-state index contributed by atoms with van der Waals surface area (Å²) < 4.78 is 35.1. The van der Waals surface area contributed by atoms with Gasteiger partial charge in [-0.15, -0.1) is 0 Å². The molecule has 33 heavy (non-hydrogen) atoms. The summed E-state index contributed by atoms with van der Waals surface area (Å²) >= 11 is 30.8. The van der Waals surface area contributed by atoms with Crippen LogP contribution in [-0.2, 0) is 0 Å². The molecule has 0 fully saturated rings. The first kappa shape index (κ1) is 24.0.